The SMILES string of the molecule is CN(CCOc1cccc(Cl)c1)C(=O)C1COCC1N. The molecule has 0 saturated carbocycles. The first-order chi connectivity index (χ1) is 9.58. The minimum atomic E-state index is -0.244. The van der Waals surface area contributed by atoms with Crippen molar-refractivity contribution >= 4 is 17.5 Å². The first-order valence-corrected chi connectivity index (χ1v) is 6.92. The fraction of sp³-hybridized carbons (Fsp3) is 0.500. The molecule has 1 aromatic carbocycles. The molecule has 0 radical (unpaired) electrons. The third-order valence-corrected chi connectivity index (χ3v) is 3.54. The number of nitrogens with zero attached hydrogens (tertiary/aromatic N) is 1. The smallest absolute Gasteiger partial charge is 0.229 e. The number of benzene rings is 1. The van der Waals surface area contributed by atoms with Crippen molar-refractivity contribution in [3.8, 4) is 5.75 Å². The lowest BCUT2D eigenvalue weighted by Crippen LogP contribution is -2.43. The Hall–Kier alpha value is -1.30. The van der Waals surface area contributed by atoms with Crippen molar-refractivity contribution in [2.45, 2.75) is 6.04 Å². The number of carbonyl (C=O) groups is 1. The molecular formula is C14H19ClN2O3. The molecule has 0 spiro atoms. The van der Waals surface area contributed by atoms with E-state index in [2.05, 4.69) is 0 Å². The van der Waals surface area contributed by atoms with Gasteiger partial charge >= 0.3 is 0 Å². The Labute approximate surface area is 123 Å². The lowest BCUT2D eigenvalue weighted by atomic mass is 10.0. The van der Waals surface area contributed by atoms with Crippen LogP contribution in [0, 0.1) is 5.92 Å². The van der Waals surface area contributed by atoms with Gasteiger partial charge in [0.25, 0.3) is 0 Å². The molecule has 1 amide bonds. The number of rotatable bonds is 5. The molecule has 2 unspecified atom stereocenters. The van der Waals surface area contributed by atoms with Crippen LogP contribution >= 0.6 is 11.6 Å². The molecule has 1 saturated heterocycles. The number of hydrogen-bond donors (Lipinski definition) is 1. The highest BCUT2D eigenvalue weighted by molar-refractivity contribution is 6.30. The van der Waals surface area contributed by atoms with Crippen LogP contribution in [0.3, 0.4) is 0 Å². The van der Waals surface area contributed by atoms with Crippen molar-refractivity contribution in [1.29, 1.82) is 0 Å². The van der Waals surface area contributed by atoms with Crippen molar-refractivity contribution in [1.82, 2.24) is 4.90 Å². The van der Waals surface area contributed by atoms with Gasteiger partial charge in [0, 0.05) is 18.1 Å². The van der Waals surface area contributed by atoms with Gasteiger partial charge in [-0.05, 0) is 18.2 Å². The minimum absolute atomic E-state index is 0.00435. The lowest BCUT2D eigenvalue weighted by molar-refractivity contribution is -0.134. The summed E-state index contributed by atoms with van der Waals surface area (Å²) in [7, 11) is 1.74. The van der Waals surface area contributed by atoms with Crippen LogP contribution in [-0.4, -0.2) is 50.3 Å². The molecule has 6 heteroatoms. The summed E-state index contributed by atoms with van der Waals surface area (Å²) < 4.78 is 10.8. The van der Waals surface area contributed by atoms with Gasteiger partial charge in [-0.2, -0.15) is 0 Å². The quantitative estimate of drug-likeness (QED) is 0.886. The molecule has 110 valence electrons. The highest BCUT2D eigenvalue weighted by Crippen LogP contribution is 2.17. The van der Waals surface area contributed by atoms with Crippen LogP contribution in [0.4, 0.5) is 0 Å². The number of hydrogen-bond acceptors (Lipinski definition) is 4. The highest BCUT2D eigenvalue weighted by atomic mass is 35.5. The standard InChI is InChI=1S/C14H19ClN2O3/c1-17(14(18)12-8-19-9-13(12)16)5-6-20-11-4-2-3-10(15)7-11/h2-4,7,12-13H,5-6,8-9,16H2,1H3. The zero-order valence-corrected chi connectivity index (χ0v) is 12.2. The van der Waals surface area contributed by atoms with Gasteiger partial charge in [-0.3, -0.25) is 4.79 Å². The van der Waals surface area contributed by atoms with Crippen LogP contribution in [0.15, 0.2) is 24.3 Å². The molecule has 2 atom stereocenters. The molecule has 0 aliphatic carbocycles. The second kappa shape index (κ2) is 6.92. The van der Waals surface area contributed by atoms with E-state index < -0.39 is 0 Å². The molecule has 5 nitrogen and oxygen atoms in total. The van der Waals surface area contributed by atoms with Crippen LogP contribution < -0.4 is 10.5 Å². The van der Waals surface area contributed by atoms with E-state index in [1.165, 1.54) is 0 Å². The van der Waals surface area contributed by atoms with E-state index in [9.17, 15) is 4.79 Å². The van der Waals surface area contributed by atoms with Crippen LogP contribution in [0.25, 0.3) is 0 Å². The summed E-state index contributed by atoms with van der Waals surface area (Å²) in [6.45, 7) is 1.75. The molecule has 1 aliphatic rings. The third kappa shape index (κ3) is 3.85. The Kier molecular flexibility index (Phi) is 5.23. The molecule has 1 aromatic rings. The van der Waals surface area contributed by atoms with E-state index in [0.717, 1.165) is 0 Å². The summed E-state index contributed by atoms with van der Waals surface area (Å²) in [6, 6.07) is 6.96. The highest BCUT2D eigenvalue weighted by Gasteiger charge is 2.33. The van der Waals surface area contributed by atoms with Crippen LogP contribution in [-0.2, 0) is 9.53 Å². The number of halogens is 1. The Balaban J connectivity index is 1.77. The molecule has 20 heavy (non-hydrogen) atoms. The molecule has 0 aromatic heterocycles. The lowest BCUT2D eigenvalue weighted by Gasteiger charge is -2.22. The molecule has 2 N–H and O–H groups in total. The van der Waals surface area contributed by atoms with Crippen molar-refractivity contribution in [2.24, 2.45) is 11.7 Å². The van der Waals surface area contributed by atoms with Gasteiger partial charge in [-0.15, -0.1) is 0 Å². The largest absolute Gasteiger partial charge is 0.492 e. The molecule has 2 rings (SSSR count). The van der Waals surface area contributed by atoms with Gasteiger partial charge < -0.3 is 20.1 Å². The van der Waals surface area contributed by atoms with Crippen molar-refractivity contribution in [3.05, 3.63) is 29.3 Å². The Bertz CT molecular complexity index is 469. The summed E-state index contributed by atoms with van der Waals surface area (Å²) >= 11 is 5.87. The predicted molar refractivity (Wildman–Crippen MR) is 76.9 cm³/mol. The third-order valence-electron chi connectivity index (χ3n) is 3.31. The average molecular weight is 299 g/mol. The zero-order chi connectivity index (χ0) is 14.5. The Morgan fingerprint density at radius 3 is 3.00 bits per heavy atom. The van der Waals surface area contributed by atoms with E-state index in [4.69, 9.17) is 26.8 Å². The Morgan fingerprint density at radius 1 is 1.55 bits per heavy atom. The number of amides is 1. The maximum atomic E-state index is 12.1. The summed E-state index contributed by atoms with van der Waals surface area (Å²) in [5, 5.41) is 0.626. The maximum absolute atomic E-state index is 12.1. The van der Waals surface area contributed by atoms with E-state index in [1.54, 1.807) is 24.1 Å². The van der Waals surface area contributed by atoms with Gasteiger partial charge in [0.2, 0.25) is 5.91 Å². The van der Waals surface area contributed by atoms with Crippen molar-refractivity contribution in [3.63, 3.8) is 0 Å². The van der Waals surface area contributed by atoms with E-state index in [0.29, 0.717) is 37.1 Å². The van der Waals surface area contributed by atoms with Gasteiger partial charge in [-0.25, -0.2) is 0 Å². The van der Waals surface area contributed by atoms with E-state index in [-0.39, 0.29) is 17.9 Å². The zero-order valence-electron chi connectivity index (χ0n) is 11.4. The van der Waals surface area contributed by atoms with Crippen molar-refractivity contribution < 1.29 is 14.3 Å². The average Bonchev–Trinajstić information content (AvgIpc) is 2.84. The minimum Gasteiger partial charge on any atom is -0.492 e. The van der Waals surface area contributed by atoms with Gasteiger partial charge in [-0.1, -0.05) is 17.7 Å². The summed E-state index contributed by atoms with van der Waals surface area (Å²) in [5.74, 6) is 0.454. The fourth-order valence-electron chi connectivity index (χ4n) is 2.08. The fourth-order valence-corrected chi connectivity index (χ4v) is 2.26. The van der Waals surface area contributed by atoms with Gasteiger partial charge in [0.15, 0.2) is 0 Å². The first-order valence-electron chi connectivity index (χ1n) is 6.54. The topological polar surface area (TPSA) is 64.8 Å². The van der Waals surface area contributed by atoms with Crippen molar-refractivity contribution in [2.75, 3.05) is 33.4 Å². The van der Waals surface area contributed by atoms with Crippen LogP contribution in [0.5, 0.6) is 5.75 Å². The second-order valence-corrected chi connectivity index (χ2v) is 5.31. The van der Waals surface area contributed by atoms with Gasteiger partial charge in [0.05, 0.1) is 25.7 Å². The predicted octanol–water partition coefficient (Wildman–Crippen LogP) is 1.15. The number of nitrogens with two attached hydrogens (primary N) is 1. The number of likely N-dealkylation sites (N-methyl/N-ethyl adjacent to an activating group) is 1. The molecule has 1 fully saturated rings. The molecular weight excluding hydrogens is 280 g/mol. The summed E-state index contributed by atoms with van der Waals surface area (Å²) in [5.41, 5.74) is 5.84. The van der Waals surface area contributed by atoms with E-state index >= 15 is 0 Å². The molecule has 1 aliphatic heterocycles. The number of ether oxygens (including phenoxy) is 2. The van der Waals surface area contributed by atoms with E-state index in [1.807, 2.05) is 12.1 Å². The summed E-state index contributed by atoms with van der Waals surface area (Å²) in [6.07, 6.45) is 0. The molecule has 0 bridgehead atoms. The second-order valence-electron chi connectivity index (χ2n) is 4.87. The molecule has 1 heterocycles. The summed E-state index contributed by atoms with van der Waals surface area (Å²) in [4.78, 5) is 13.8. The normalized spacial score (nSPS) is 21.8. The van der Waals surface area contributed by atoms with Crippen LogP contribution in [0.2, 0.25) is 5.02 Å². The Morgan fingerprint density at radius 2 is 2.35 bits per heavy atom. The monoisotopic (exact) mass is 298 g/mol. The number of carbonyl (C=O) groups excluding carboxylic acids is 1. The van der Waals surface area contributed by atoms with Crippen LogP contribution in [0.1, 0.15) is 0 Å². The maximum Gasteiger partial charge on any atom is 0.229 e. The first kappa shape index (κ1) is 15.1. The van der Waals surface area contributed by atoms with Gasteiger partial charge in [0.1, 0.15) is 12.4 Å².